The topological polar surface area (TPSA) is 88.2 Å². The highest BCUT2D eigenvalue weighted by Gasteiger charge is 2.27. The van der Waals surface area contributed by atoms with Crippen LogP contribution in [0, 0.1) is 5.92 Å². The minimum absolute atomic E-state index is 0.0323. The number of amidine groups is 1. The zero-order valence-corrected chi connectivity index (χ0v) is 9.72. The number of nitrogens with two attached hydrogens (primary N) is 1. The van der Waals surface area contributed by atoms with Gasteiger partial charge in [0.2, 0.25) is 0 Å². The predicted octanol–water partition coefficient (Wildman–Crippen LogP) is 0.00630. The molecule has 0 saturated carbocycles. The summed E-state index contributed by atoms with van der Waals surface area (Å²) in [5.74, 6) is -0.0672. The number of hydrogen-bond acceptors (Lipinski definition) is 4. The zero-order valence-electron chi connectivity index (χ0n) is 9.72. The minimum Gasteiger partial charge on any atom is -0.409 e. The minimum atomic E-state index is -0.315. The van der Waals surface area contributed by atoms with Crippen LogP contribution in [0.1, 0.15) is 19.8 Å². The SMILES string of the molecule is CC(CN(C)C(=O)C1CCCO1)C(N)=NO. The molecule has 1 rings (SSSR count). The number of nitrogens with zero attached hydrogens (tertiary/aromatic N) is 2. The Hall–Kier alpha value is -1.30. The van der Waals surface area contributed by atoms with Gasteiger partial charge in [0.15, 0.2) is 0 Å². The molecule has 3 N–H and O–H groups in total. The molecule has 0 radical (unpaired) electrons. The first-order valence-corrected chi connectivity index (χ1v) is 5.40. The highest BCUT2D eigenvalue weighted by atomic mass is 16.5. The monoisotopic (exact) mass is 229 g/mol. The van der Waals surface area contributed by atoms with Crippen LogP contribution in [0.2, 0.25) is 0 Å². The Balaban J connectivity index is 2.44. The van der Waals surface area contributed by atoms with Crippen LogP contribution in [0.4, 0.5) is 0 Å². The number of ether oxygens (including phenoxy) is 1. The highest BCUT2D eigenvalue weighted by molar-refractivity contribution is 5.84. The molecule has 6 nitrogen and oxygen atoms in total. The van der Waals surface area contributed by atoms with Crippen LogP contribution >= 0.6 is 0 Å². The van der Waals surface area contributed by atoms with E-state index in [-0.39, 0.29) is 23.8 Å². The Labute approximate surface area is 95.0 Å². The van der Waals surface area contributed by atoms with E-state index in [1.807, 2.05) is 0 Å². The van der Waals surface area contributed by atoms with Gasteiger partial charge in [-0.15, -0.1) is 0 Å². The van der Waals surface area contributed by atoms with Crippen molar-refractivity contribution in [1.29, 1.82) is 0 Å². The molecule has 0 aromatic carbocycles. The summed E-state index contributed by atoms with van der Waals surface area (Å²) in [5, 5.41) is 11.4. The van der Waals surface area contributed by atoms with Gasteiger partial charge in [-0.2, -0.15) is 0 Å². The number of amides is 1. The van der Waals surface area contributed by atoms with E-state index in [4.69, 9.17) is 15.7 Å². The van der Waals surface area contributed by atoms with Crippen LogP contribution in [0.3, 0.4) is 0 Å². The second-order valence-corrected chi connectivity index (χ2v) is 4.15. The Kier molecular flexibility index (Phi) is 4.54. The van der Waals surface area contributed by atoms with Gasteiger partial charge in [-0.05, 0) is 12.8 Å². The summed E-state index contributed by atoms with van der Waals surface area (Å²) in [6, 6.07) is 0. The van der Waals surface area contributed by atoms with Crippen LogP contribution in [0.15, 0.2) is 5.16 Å². The molecule has 92 valence electrons. The smallest absolute Gasteiger partial charge is 0.251 e. The van der Waals surface area contributed by atoms with Crippen molar-refractivity contribution in [2.75, 3.05) is 20.2 Å². The summed E-state index contributed by atoms with van der Waals surface area (Å²) < 4.78 is 5.30. The van der Waals surface area contributed by atoms with Gasteiger partial charge >= 0.3 is 0 Å². The van der Waals surface area contributed by atoms with Crippen LogP contribution in [0.25, 0.3) is 0 Å². The summed E-state index contributed by atoms with van der Waals surface area (Å²) in [4.78, 5) is 13.4. The Morgan fingerprint density at radius 1 is 1.75 bits per heavy atom. The summed E-state index contributed by atoms with van der Waals surface area (Å²) in [5.41, 5.74) is 5.45. The van der Waals surface area contributed by atoms with Crippen molar-refractivity contribution in [1.82, 2.24) is 4.90 Å². The van der Waals surface area contributed by atoms with E-state index in [0.29, 0.717) is 13.2 Å². The molecule has 2 atom stereocenters. The molecule has 0 bridgehead atoms. The summed E-state index contributed by atoms with van der Waals surface area (Å²) in [6.45, 7) is 2.88. The molecule has 6 heteroatoms. The number of carbonyl (C=O) groups is 1. The maximum Gasteiger partial charge on any atom is 0.251 e. The molecule has 1 aliphatic heterocycles. The van der Waals surface area contributed by atoms with E-state index in [1.165, 1.54) is 0 Å². The fraction of sp³-hybridized carbons (Fsp3) is 0.800. The summed E-state index contributed by atoms with van der Waals surface area (Å²) in [6.07, 6.45) is 1.39. The number of likely N-dealkylation sites (N-methyl/N-ethyl adjacent to an activating group) is 1. The first-order chi connectivity index (χ1) is 7.56. The number of rotatable bonds is 4. The molecule has 16 heavy (non-hydrogen) atoms. The molecule has 0 spiro atoms. The maximum atomic E-state index is 11.8. The van der Waals surface area contributed by atoms with Crippen LogP contribution in [0.5, 0.6) is 0 Å². The maximum absolute atomic E-state index is 11.8. The first kappa shape index (κ1) is 12.8. The molecule has 1 amide bonds. The van der Waals surface area contributed by atoms with Crippen molar-refractivity contribution >= 4 is 11.7 Å². The third-order valence-corrected chi connectivity index (χ3v) is 2.75. The lowest BCUT2D eigenvalue weighted by Gasteiger charge is -2.23. The third kappa shape index (κ3) is 3.10. The van der Waals surface area contributed by atoms with Crippen molar-refractivity contribution in [3.63, 3.8) is 0 Å². The Morgan fingerprint density at radius 3 is 2.94 bits per heavy atom. The zero-order chi connectivity index (χ0) is 12.1. The van der Waals surface area contributed by atoms with Gasteiger partial charge in [-0.25, -0.2) is 0 Å². The van der Waals surface area contributed by atoms with E-state index in [0.717, 1.165) is 12.8 Å². The summed E-state index contributed by atoms with van der Waals surface area (Å²) >= 11 is 0. The van der Waals surface area contributed by atoms with Gasteiger partial charge in [0.05, 0.1) is 0 Å². The van der Waals surface area contributed by atoms with E-state index in [9.17, 15) is 4.79 Å². The average molecular weight is 229 g/mol. The predicted molar refractivity (Wildman–Crippen MR) is 59.2 cm³/mol. The van der Waals surface area contributed by atoms with E-state index >= 15 is 0 Å². The van der Waals surface area contributed by atoms with Crippen molar-refractivity contribution in [3.8, 4) is 0 Å². The van der Waals surface area contributed by atoms with E-state index in [1.54, 1.807) is 18.9 Å². The largest absolute Gasteiger partial charge is 0.409 e. The second kappa shape index (κ2) is 5.69. The van der Waals surface area contributed by atoms with Gasteiger partial charge < -0.3 is 20.6 Å². The molecular weight excluding hydrogens is 210 g/mol. The molecule has 1 saturated heterocycles. The van der Waals surface area contributed by atoms with Crippen molar-refractivity contribution in [2.45, 2.75) is 25.9 Å². The fourth-order valence-electron chi connectivity index (χ4n) is 1.71. The first-order valence-electron chi connectivity index (χ1n) is 5.40. The van der Waals surface area contributed by atoms with Crippen LogP contribution in [-0.2, 0) is 9.53 Å². The number of oxime groups is 1. The molecule has 1 heterocycles. The van der Waals surface area contributed by atoms with Crippen molar-refractivity contribution < 1.29 is 14.7 Å². The van der Waals surface area contributed by atoms with E-state index < -0.39 is 0 Å². The molecule has 1 fully saturated rings. The fourth-order valence-corrected chi connectivity index (χ4v) is 1.71. The lowest BCUT2D eigenvalue weighted by atomic mass is 10.1. The average Bonchev–Trinajstić information content (AvgIpc) is 2.79. The number of carbonyl (C=O) groups excluding carboxylic acids is 1. The van der Waals surface area contributed by atoms with E-state index in [2.05, 4.69) is 5.16 Å². The normalized spacial score (nSPS) is 23.1. The lowest BCUT2D eigenvalue weighted by molar-refractivity contribution is -0.139. The molecule has 1 aliphatic rings. The quantitative estimate of drug-likeness (QED) is 0.307. The Morgan fingerprint density at radius 2 is 2.44 bits per heavy atom. The molecule has 2 unspecified atom stereocenters. The second-order valence-electron chi connectivity index (χ2n) is 4.15. The van der Waals surface area contributed by atoms with Gasteiger partial charge in [0.1, 0.15) is 11.9 Å². The van der Waals surface area contributed by atoms with Gasteiger partial charge in [0, 0.05) is 26.1 Å². The molecule has 0 aliphatic carbocycles. The molecule has 0 aromatic rings. The van der Waals surface area contributed by atoms with Crippen molar-refractivity contribution in [2.24, 2.45) is 16.8 Å². The standard InChI is InChI=1S/C10H19N3O3/c1-7(9(11)12-15)6-13(2)10(14)8-4-3-5-16-8/h7-8,15H,3-6H2,1-2H3,(H2,11,12). The van der Waals surface area contributed by atoms with Gasteiger partial charge in [0.25, 0.3) is 5.91 Å². The van der Waals surface area contributed by atoms with Crippen LogP contribution in [-0.4, -0.2) is 48.2 Å². The van der Waals surface area contributed by atoms with Gasteiger partial charge in [-0.3, -0.25) is 4.79 Å². The van der Waals surface area contributed by atoms with Gasteiger partial charge in [-0.1, -0.05) is 12.1 Å². The lowest BCUT2D eigenvalue weighted by Crippen LogP contribution is -2.41. The molecular formula is C10H19N3O3. The highest BCUT2D eigenvalue weighted by Crippen LogP contribution is 2.14. The summed E-state index contributed by atoms with van der Waals surface area (Å²) in [7, 11) is 1.70. The Bertz CT molecular complexity index is 274. The third-order valence-electron chi connectivity index (χ3n) is 2.75. The number of hydrogen-bond donors (Lipinski definition) is 2. The van der Waals surface area contributed by atoms with Crippen molar-refractivity contribution in [3.05, 3.63) is 0 Å². The van der Waals surface area contributed by atoms with Crippen LogP contribution < -0.4 is 5.73 Å². The molecule has 0 aromatic heterocycles.